The summed E-state index contributed by atoms with van der Waals surface area (Å²) in [6.45, 7) is 1.72. The quantitative estimate of drug-likeness (QED) is 0.767. The summed E-state index contributed by atoms with van der Waals surface area (Å²) < 4.78 is 38.1. The van der Waals surface area contributed by atoms with E-state index < -0.39 is 11.7 Å². The lowest BCUT2D eigenvalue weighted by atomic mass is 10.1. The summed E-state index contributed by atoms with van der Waals surface area (Å²) in [7, 11) is 0. The fourth-order valence-corrected chi connectivity index (χ4v) is 1.95. The SMILES string of the molecule is Cc1ccc(C(F)(F)F)cc1Nc1ccc(N)cc1Cl. The maximum absolute atomic E-state index is 12.7. The van der Waals surface area contributed by atoms with Crippen molar-refractivity contribution < 1.29 is 13.2 Å². The summed E-state index contributed by atoms with van der Waals surface area (Å²) in [5.74, 6) is 0. The number of halogens is 4. The molecule has 0 bridgehead atoms. The summed E-state index contributed by atoms with van der Waals surface area (Å²) in [6, 6.07) is 8.30. The van der Waals surface area contributed by atoms with Crippen LogP contribution in [0.5, 0.6) is 0 Å². The van der Waals surface area contributed by atoms with Crippen LogP contribution in [-0.4, -0.2) is 0 Å². The number of nitrogen functional groups attached to an aromatic ring is 1. The molecule has 0 fully saturated rings. The number of rotatable bonds is 2. The summed E-state index contributed by atoms with van der Waals surface area (Å²) in [5.41, 5.74) is 6.89. The monoisotopic (exact) mass is 300 g/mol. The number of benzene rings is 2. The Balaban J connectivity index is 2.38. The van der Waals surface area contributed by atoms with Crippen molar-refractivity contribution in [3.63, 3.8) is 0 Å². The summed E-state index contributed by atoms with van der Waals surface area (Å²) >= 11 is 6.00. The van der Waals surface area contributed by atoms with Crippen LogP contribution in [0.25, 0.3) is 0 Å². The van der Waals surface area contributed by atoms with Crippen LogP contribution in [0.15, 0.2) is 36.4 Å². The van der Waals surface area contributed by atoms with Gasteiger partial charge in [0.2, 0.25) is 0 Å². The highest BCUT2D eigenvalue weighted by Crippen LogP contribution is 2.34. The fraction of sp³-hybridized carbons (Fsp3) is 0.143. The molecule has 0 heterocycles. The first-order valence-corrected chi connectivity index (χ1v) is 6.15. The average Bonchev–Trinajstić information content (AvgIpc) is 2.33. The minimum absolute atomic E-state index is 0.349. The first kappa shape index (κ1) is 14.5. The molecule has 0 aliphatic carbocycles. The molecule has 0 saturated heterocycles. The molecule has 3 N–H and O–H groups in total. The molecular formula is C14H12ClF3N2. The maximum atomic E-state index is 12.7. The summed E-state index contributed by atoms with van der Waals surface area (Å²) in [4.78, 5) is 0. The van der Waals surface area contributed by atoms with Crippen molar-refractivity contribution >= 4 is 28.7 Å². The van der Waals surface area contributed by atoms with Crippen LogP contribution in [-0.2, 0) is 6.18 Å². The highest BCUT2D eigenvalue weighted by molar-refractivity contribution is 6.33. The van der Waals surface area contributed by atoms with Gasteiger partial charge in [-0.15, -0.1) is 0 Å². The smallest absolute Gasteiger partial charge is 0.399 e. The molecule has 0 saturated carbocycles. The largest absolute Gasteiger partial charge is 0.416 e. The van der Waals surface area contributed by atoms with Crippen molar-refractivity contribution in [2.24, 2.45) is 0 Å². The number of hydrogen-bond acceptors (Lipinski definition) is 2. The Labute approximate surface area is 119 Å². The Morgan fingerprint density at radius 2 is 1.75 bits per heavy atom. The van der Waals surface area contributed by atoms with Gasteiger partial charge in [-0.05, 0) is 42.8 Å². The van der Waals surface area contributed by atoms with Gasteiger partial charge in [0.15, 0.2) is 0 Å². The predicted molar refractivity (Wildman–Crippen MR) is 75.3 cm³/mol. The number of aryl methyl sites for hydroxylation is 1. The van der Waals surface area contributed by atoms with E-state index in [0.29, 0.717) is 27.6 Å². The Morgan fingerprint density at radius 1 is 1.05 bits per heavy atom. The average molecular weight is 301 g/mol. The summed E-state index contributed by atoms with van der Waals surface area (Å²) in [5, 5.41) is 3.24. The molecule has 0 spiro atoms. The Kier molecular flexibility index (Phi) is 3.81. The fourth-order valence-electron chi connectivity index (χ4n) is 1.71. The predicted octanol–water partition coefficient (Wildman–Crippen LogP) is 4.99. The van der Waals surface area contributed by atoms with Crippen LogP contribution in [0.3, 0.4) is 0 Å². The number of nitrogens with one attached hydrogen (secondary N) is 1. The van der Waals surface area contributed by atoms with Crippen LogP contribution in [0.2, 0.25) is 5.02 Å². The van der Waals surface area contributed by atoms with Crippen LogP contribution >= 0.6 is 11.6 Å². The molecule has 106 valence electrons. The molecule has 2 rings (SSSR count). The first-order valence-electron chi connectivity index (χ1n) is 5.77. The number of anilines is 3. The lowest BCUT2D eigenvalue weighted by Gasteiger charge is -2.14. The third kappa shape index (κ3) is 3.17. The van der Waals surface area contributed by atoms with Crippen molar-refractivity contribution in [1.29, 1.82) is 0 Å². The van der Waals surface area contributed by atoms with E-state index in [1.807, 2.05) is 0 Å². The van der Waals surface area contributed by atoms with Gasteiger partial charge >= 0.3 is 6.18 Å². The van der Waals surface area contributed by atoms with Gasteiger partial charge in [-0.25, -0.2) is 0 Å². The number of nitrogens with two attached hydrogens (primary N) is 1. The maximum Gasteiger partial charge on any atom is 0.416 e. The van der Waals surface area contributed by atoms with E-state index in [-0.39, 0.29) is 0 Å². The summed E-state index contributed by atoms with van der Waals surface area (Å²) in [6.07, 6.45) is -4.38. The van der Waals surface area contributed by atoms with Crippen molar-refractivity contribution in [2.45, 2.75) is 13.1 Å². The molecule has 0 aromatic heterocycles. The van der Waals surface area contributed by atoms with Gasteiger partial charge in [0.1, 0.15) is 0 Å². The van der Waals surface area contributed by atoms with Crippen LogP contribution in [0, 0.1) is 6.92 Å². The van der Waals surface area contributed by atoms with E-state index in [0.717, 1.165) is 12.1 Å². The molecule has 0 unspecified atom stereocenters. The lowest BCUT2D eigenvalue weighted by Crippen LogP contribution is -2.06. The topological polar surface area (TPSA) is 38.0 Å². The van der Waals surface area contributed by atoms with Gasteiger partial charge in [-0.1, -0.05) is 17.7 Å². The van der Waals surface area contributed by atoms with E-state index >= 15 is 0 Å². The van der Waals surface area contributed by atoms with E-state index in [1.54, 1.807) is 19.1 Å². The first-order chi connectivity index (χ1) is 9.27. The van der Waals surface area contributed by atoms with Crippen LogP contribution in [0.1, 0.15) is 11.1 Å². The molecule has 0 atom stereocenters. The minimum Gasteiger partial charge on any atom is -0.399 e. The molecular weight excluding hydrogens is 289 g/mol. The number of hydrogen-bond donors (Lipinski definition) is 2. The van der Waals surface area contributed by atoms with Gasteiger partial charge in [0.05, 0.1) is 16.3 Å². The molecule has 0 amide bonds. The van der Waals surface area contributed by atoms with Gasteiger partial charge < -0.3 is 11.1 Å². The van der Waals surface area contributed by atoms with Gasteiger partial charge in [-0.3, -0.25) is 0 Å². The molecule has 2 aromatic rings. The third-order valence-corrected chi connectivity index (χ3v) is 3.14. The molecule has 2 nitrogen and oxygen atoms in total. The molecule has 2 aromatic carbocycles. The van der Waals surface area contributed by atoms with Crippen LogP contribution < -0.4 is 11.1 Å². The highest BCUT2D eigenvalue weighted by Gasteiger charge is 2.30. The van der Waals surface area contributed by atoms with Gasteiger partial charge in [-0.2, -0.15) is 13.2 Å². The Bertz CT molecular complexity index is 639. The lowest BCUT2D eigenvalue weighted by molar-refractivity contribution is -0.137. The third-order valence-electron chi connectivity index (χ3n) is 2.83. The van der Waals surface area contributed by atoms with Crippen molar-refractivity contribution in [1.82, 2.24) is 0 Å². The normalized spacial score (nSPS) is 11.4. The highest BCUT2D eigenvalue weighted by atomic mass is 35.5. The van der Waals surface area contributed by atoms with E-state index in [2.05, 4.69) is 5.32 Å². The zero-order valence-electron chi connectivity index (χ0n) is 10.6. The zero-order valence-corrected chi connectivity index (χ0v) is 11.3. The van der Waals surface area contributed by atoms with Gasteiger partial charge in [0.25, 0.3) is 0 Å². The Morgan fingerprint density at radius 3 is 2.35 bits per heavy atom. The van der Waals surface area contributed by atoms with E-state index in [4.69, 9.17) is 17.3 Å². The van der Waals surface area contributed by atoms with E-state index in [1.165, 1.54) is 12.1 Å². The van der Waals surface area contributed by atoms with Crippen molar-refractivity contribution in [3.8, 4) is 0 Å². The minimum atomic E-state index is -4.38. The Hall–Kier alpha value is -1.88. The standard InChI is InChI=1S/C14H12ClF3N2/c1-8-2-3-9(14(16,17)18)6-13(8)20-12-5-4-10(19)7-11(12)15/h2-7,20H,19H2,1H3. The second-order valence-electron chi connectivity index (χ2n) is 4.39. The second kappa shape index (κ2) is 5.25. The van der Waals surface area contributed by atoms with Crippen LogP contribution in [0.4, 0.5) is 30.2 Å². The zero-order chi connectivity index (χ0) is 14.9. The molecule has 6 heteroatoms. The molecule has 0 radical (unpaired) electrons. The molecule has 0 aliphatic rings. The van der Waals surface area contributed by atoms with Gasteiger partial charge in [0, 0.05) is 11.4 Å². The van der Waals surface area contributed by atoms with E-state index in [9.17, 15) is 13.2 Å². The van der Waals surface area contributed by atoms with Crippen molar-refractivity contribution in [2.75, 3.05) is 11.1 Å². The molecule has 20 heavy (non-hydrogen) atoms. The molecule has 0 aliphatic heterocycles. The van der Waals surface area contributed by atoms with Crippen molar-refractivity contribution in [3.05, 3.63) is 52.5 Å². The second-order valence-corrected chi connectivity index (χ2v) is 4.80. The number of alkyl halides is 3.